The zero-order valence-corrected chi connectivity index (χ0v) is 14.3. The zero-order chi connectivity index (χ0) is 16.5. The first-order valence-electron chi connectivity index (χ1n) is 8.45. The number of nitrogens with one attached hydrogen (secondary N) is 2. The van der Waals surface area contributed by atoms with E-state index in [2.05, 4.69) is 70.5 Å². The van der Waals surface area contributed by atoms with Gasteiger partial charge in [-0.3, -0.25) is 0 Å². The normalized spacial score (nSPS) is 10.4. The van der Waals surface area contributed by atoms with Crippen molar-refractivity contribution in [2.45, 2.75) is 33.6 Å². The highest BCUT2D eigenvalue weighted by molar-refractivity contribution is 5.61. The average molecular weight is 313 g/mol. The Morgan fingerprint density at radius 3 is 2.39 bits per heavy atom. The number of unbranched alkanes of at least 4 members (excludes halogenated alkanes) is 1. The number of anilines is 4. The Kier molecular flexibility index (Phi) is 6.66. The second-order valence-electron chi connectivity index (χ2n) is 5.39. The molecule has 23 heavy (non-hydrogen) atoms. The van der Waals surface area contributed by atoms with Crippen LogP contribution < -0.4 is 15.5 Å². The van der Waals surface area contributed by atoms with Crippen molar-refractivity contribution in [3.63, 3.8) is 0 Å². The van der Waals surface area contributed by atoms with Crippen LogP contribution in [-0.4, -0.2) is 29.6 Å². The maximum Gasteiger partial charge on any atom is 0.224 e. The van der Waals surface area contributed by atoms with Gasteiger partial charge in [0, 0.05) is 37.2 Å². The number of nitrogens with zero attached hydrogens (tertiary/aromatic N) is 3. The lowest BCUT2D eigenvalue weighted by molar-refractivity contribution is 0.826. The molecule has 0 atom stereocenters. The van der Waals surface area contributed by atoms with Gasteiger partial charge in [0.1, 0.15) is 5.82 Å². The van der Waals surface area contributed by atoms with Gasteiger partial charge in [0.2, 0.25) is 5.95 Å². The minimum Gasteiger partial charge on any atom is -0.372 e. The van der Waals surface area contributed by atoms with Crippen LogP contribution in [0.4, 0.5) is 23.1 Å². The quantitative estimate of drug-likeness (QED) is 0.677. The van der Waals surface area contributed by atoms with Crippen LogP contribution in [0.25, 0.3) is 0 Å². The van der Waals surface area contributed by atoms with E-state index in [0.717, 1.165) is 44.0 Å². The summed E-state index contributed by atoms with van der Waals surface area (Å²) in [4.78, 5) is 11.1. The molecule has 0 unspecified atom stereocenters. The topological polar surface area (TPSA) is 53.1 Å². The Hall–Kier alpha value is -2.30. The minimum absolute atomic E-state index is 0.670. The predicted molar refractivity (Wildman–Crippen MR) is 98.7 cm³/mol. The summed E-state index contributed by atoms with van der Waals surface area (Å²) >= 11 is 0. The van der Waals surface area contributed by atoms with E-state index in [-0.39, 0.29) is 0 Å². The molecule has 0 aliphatic heterocycles. The first-order chi connectivity index (χ1) is 11.3. The lowest BCUT2D eigenvalue weighted by atomic mass is 10.2. The van der Waals surface area contributed by atoms with Crippen molar-refractivity contribution in [3.8, 4) is 0 Å². The molecule has 0 amide bonds. The third-order valence-corrected chi connectivity index (χ3v) is 3.74. The highest BCUT2D eigenvalue weighted by Gasteiger charge is 2.03. The summed E-state index contributed by atoms with van der Waals surface area (Å²) in [5.74, 6) is 1.47. The van der Waals surface area contributed by atoms with Gasteiger partial charge in [0.25, 0.3) is 0 Å². The molecule has 0 aliphatic carbocycles. The van der Waals surface area contributed by atoms with Crippen LogP contribution in [0, 0.1) is 0 Å². The second kappa shape index (κ2) is 8.98. The van der Waals surface area contributed by atoms with Crippen molar-refractivity contribution in [1.82, 2.24) is 9.97 Å². The molecule has 0 bridgehead atoms. The number of hydrogen-bond donors (Lipinski definition) is 2. The summed E-state index contributed by atoms with van der Waals surface area (Å²) < 4.78 is 0. The molecule has 124 valence electrons. The fourth-order valence-corrected chi connectivity index (χ4v) is 2.38. The first-order valence-corrected chi connectivity index (χ1v) is 8.45. The summed E-state index contributed by atoms with van der Waals surface area (Å²) in [5, 5.41) is 6.57. The molecule has 1 aromatic heterocycles. The van der Waals surface area contributed by atoms with Crippen LogP contribution >= 0.6 is 0 Å². The number of aromatic nitrogens is 2. The molecule has 1 heterocycles. The average Bonchev–Trinajstić information content (AvgIpc) is 2.58. The van der Waals surface area contributed by atoms with Crippen molar-refractivity contribution >= 4 is 23.1 Å². The lowest BCUT2D eigenvalue weighted by Gasteiger charge is -2.21. The van der Waals surface area contributed by atoms with E-state index in [0.29, 0.717) is 5.95 Å². The Morgan fingerprint density at radius 2 is 1.74 bits per heavy atom. The van der Waals surface area contributed by atoms with Gasteiger partial charge in [-0.1, -0.05) is 13.3 Å². The van der Waals surface area contributed by atoms with Gasteiger partial charge in [-0.2, -0.15) is 4.98 Å². The molecule has 5 heteroatoms. The molecule has 1 aromatic carbocycles. The molecule has 2 N–H and O–H groups in total. The predicted octanol–water partition coefficient (Wildman–Crippen LogP) is 4.28. The third-order valence-electron chi connectivity index (χ3n) is 3.74. The molecule has 0 fully saturated rings. The van der Waals surface area contributed by atoms with E-state index < -0.39 is 0 Å². The number of benzene rings is 1. The fourth-order valence-electron chi connectivity index (χ4n) is 2.38. The van der Waals surface area contributed by atoms with Crippen LogP contribution in [0.5, 0.6) is 0 Å². The molecule has 0 radical (unpaired) electrons. The molecular formula is C18H27N5. The summed E-state index contributed by atoms with van der Waals surface area (Å²) in [7, 11) is 0. The van der Waals surface area contributed by atoms with E-state index in [1.807, 2.05) is 6.07 Å². The highest BCUT2D eigenvalue weighted by atomic mass is 15.1. The van der Waals surface area contributed by atoms with E-state index in [1.54, 1.807) is 6.20 Å². The van der Waals surface area contributed by atoms with Crippen LogP contribution in [0.3, 0.4) is 0 Å². The maximum absolute atomic E-state index is 4.49. The summed E-state index contributed by atoms with van der Waals surface area (Å²) in [6, 6.07) is 10.3. The summed E-state index contributed by atoms with van der Waals surface area (Å²) in [6.45, 7) is 9.44. The number of rotatable bonds is 9. The molecule has 2 aromatic rings. The number of hydrogen-bond acceptors (Lipinski definition) is 5. The van der Waals surface area contributed by atoms with E-state index in [9.17, 15) is 0 Å². The van der Waals surface area contributed by atoms with E-state index in [4.69, 9.17) is 0 Å². The summed E-state index contributed by atoms with van der Waals surface area (Å²) in [5.41, 5.74) is 2.27. The van der Waals surface area contributed by atoms with Crippen LogP contribution in [0.15, 0.2) is 36.5 Å². The first kappa shape index (κ1) is 17.1. The van der Waals surface area contributed by atoms with Crippen molar-refractivity contribution in [3.05, 3.63) is 36.5 Å². The van der Waals surface area contributed by atoms with Gasteiger partial charge in [0.05, 0.1) is 0 Å². The molecule has 0 spiro atoms. The van der Waals surface area contributed by atoms with Gasteiger partial charge in [-0.25, -0.2) is 4.98 Å². The van der Waals surface area contributed by atoms with Gasteiger partial charge >= 0.3 is 0 Å². The smallest absolute Gasteiger partial charge is 0.224 e. The lowest BCUT2D eigenvalue weighted by Crippen LogP contribution is -2.21. The van der Waals surface area contributed by atoms with Crippen LogP contribution in [0.1, 0.15) is 33.6 Å². The monoisotopic (exact) mass is 313 g/mol. The molecule has 0 saturated carbocycles. The zero-order valence-electron chi connectivity index (χ0n) is 14.3. The molecule has 0 aliphatic rings. The van der Waals surface area contributed by atoms with E-state index >= 15 is 0 Å². The van der Waals surface area contributed by atoms with Gasteiger partial charge in [-0.05, 0) is 50.6 Å². The third kappa shape index (κ3) is 5.13. The van der Waals surface area contributed by atoms with Crippen molar-refractivity contribution in [1.29, 1.82) is 0 Å². The van der Waals surface area contributed by atoms with Crippen molar-refractivity contribution in [2.24, 2.45) is 0 Å². The van der Waals surface area contributed by atoms with Gasteiger partial charge < -0.3 is 15.5 Å². The molecule has 0 saturated heterocycles. The molecular weight excluding hydrogens is 286 g/mol. The Morgan fingerprint density at radius 1 is 1.00 bits per heavy atom. The highest BCUT2D eigenvalue weighted by Crippen LogP contribution is 2.20. The second-order valence-corrected chi connectivity index (χ2v) is 5.39. The SMILES string of the molecule is CCCCNc1nccc(Nc2ccc(N(CC)CC)cc2)n1. The maximum atomic E-state index is 4.49. The minimum atomic E-state index is 0.670. The van der Waals surface area contributed by atoms with Gasteiger partial charge in [-0.15, -0.1) is 0 Å². The van der Waals surface area contributed by atoms with Crippen LogP contribution in [-0.2, 0) is 0 Å². The fraction of sp³-hybridized carbons (Fsp3) is 0.444. The van der Waals surface area contributed by atoms with Gasteiger partial charge in [0.15, 0.2) is 0 Å². The standard InChI is InChI=1S/C18H27N5/c1-4-7-13-19-18-20-14-12-17(22-18)21-15-8-10-16(11-9-15)23(5-2)6-3/h8-12,14H,4-7,13H2,1-3H3,(H2,19,20,21,22). The largest absolute Gasteiger partial charge is 0.372 e. The van der Waals surface area contributed by atoms with Crippen LogP contribution in [0.2, 0.25) is 0 Å². The molecule has 2 rings (SSSR count). The summed E-state index contributed by atoms with van der Waals surface area (Å²) in [6.07, 6.45) is 4.05. The van der Waals surface area contributed by atoms with Crippen molar-refractivity contribution < 1.29 is 0 Å². The van der Waals surface area contributed by atoms with Crippen molar-refractivity contribution in [2.75, 3.05) is 35.2 Å². The Bertz CT molecular complexity index is 578. The molecule has 5 nitrogen and oxygen atoms in total. The van der Waals surface area contributed by atoms with E-state index in [1.165, 1.54) is 5.69 Å². The Labute approximate surface area is 139 Å². The Balaban J connectivity index is 2.00.